The fourth-order valence-electron chi connectivity index (χ4n) is 1.19. The van der Waals surface area contributed by atoms with Crippen molar-refractivity contribution in [3.05, 3.63) is 42.4 Å². The van der Waals surface area contributed by atoms with Gasteiger partial charge in [-0.05, 0) is 0 Å². The van der Waals surface area contributed by atoms with Crippen LogP contribution >= 0.6 is 11.6 Å². The van der Waals surface area contributed by atoms with E-state index in [9.17, 15) is 0 Å². The van der Waals surface area contributed by atoms with E-state index in [1.54, 1.807) is 0 Å². The number of hydrogen-bond acceptors (Lipinski definition) is 2. The molecule has 2 rings (SSSR count). The molecular weight excluding hydrogens is 186 g/mol. The van der Waals surface area contributed by atoms with Crippen molar-refractivity contribution < 1.29 is 4.42 Å². The number of halogens is 1. The van der Waals surface area contributed by atoms with Gasteiger partial charge in [-0.3, -0.25) is 0 Å². The Balaban J connectivity index is 2.47. The Morgan fingerprint density at radius 2 is 2.00 bits per heavy atom. The van der Waals surface area contributed by atoms with Crippen LogP contribution < -0.4 is 0 Å². The molecule has 0 unspecified atom stereocenters. The van der Waals surface area contributed by atoms with Gasteiger partial charge in [0.25, 0.3) is 0 Å². The summed E-state index contributed by atoms with van der Waals surface area (Å²) < 4.78 is 5.25. The number of benzene rings is 1. The zero-order valence-corrected chi connectivity index (χ0v) is 7.66. The first-order chi connectivity index (χ1) is 6.42. The van der Waals surface area contributed by atoms with Crippen LogP contribution in [-0.4, -0.2) is 4.98 Å². The van der Waals surface area contributed by atoms with Gasteiger partial charge in [0.1, 0.15) is 5.69 Å². The second kappa shape index (κ2) is 3.62. The van der Waals surface area contributed by atoms with Crippen LogP contribution in [0, 0.1) is 0 Å². The first-order valence-electron chi connectivity index (χ1n) is 3.95. The van der Waals surface area contributed by atoms with E-state index >= 15 is 0 Å². The first-order valence-corrected chi connectivity index (χ1v) is 4.49. The van der Waals surface area contributed by atoms with Gasteiger partial charge >= 0.3 is 0 Å². The van der Waals surface area contributed by atoms with Crippen molar-refractivity contribution in [2.75, 3.05) is 0 Å². The van der Waals surface area contributed by atoms with E-state index < -0.39 is 0 Å². The SMILES string of the molecule is ClCc1ncoc1-c1ccccc1. The molecule has 1 heterocycles. The molecule has 0 N–H and O–H groups in total. The van der Waals surface area contributed by atoms with Gasteiger partial charge in [-0.25, -0.2) is 4.98 Å². The molecule has 0 spiro atoms. The highest BCUT2D eigenvalue weighted by Gasteiger charge is 2.08. The maximum absolute atomic E-state index is 5.70. The van der Waals surface area contributed by atoms with E-state index in [4.69, 9.17) is 16.0 Å². The topological polar surface area (TPSA) is 26.0 Å². The summed E-state index contributed by atoms with van der Waals surface area (Å²) in [6.45, 7) is 0. The molecule has 0 fully saturated rings. The third-order valence-corrected chi connectivity index (χ3v) is 2.06. The molecular formula is C10H8ClNO. The highest BCUT2D eigenvalue weighted by atomic mass is 35.5. The predicted octanol–water partition coefficient (Wildman–Crippen LogP) is 3.08. The van der Waals surface area contributed by atoms with Gasteiger partial charge in [0.15, 0.2) is 12.2 Å². The first kappa shape index (κ1) is 8.32. The van der Waals surface area contributed by atoms with Crippen LogP contribution in [-0.2, 0) is 5.88 Å². The van der Waals surface area contributed by atoms with E-state index in [1.807, 2.05) is 30.3 Å². The summed E-state index contributed by atoms with van der Waals surface area (Å²) in [5, 5.41) is 0. The van der Waals surface area contributed by atoms with Crippen molar-refractivity contribution in [3.63, 3.8) is 0 Å². The molecule has 0 atom stereocenters. The summed E-state index contributed by atoms with van der Waals surface area (Å²) in [6.07, 6.45) is 1.42. The van der Waals surface area contributed by atoms with Crippen molar-refractivity contribution in [2.24, 2.45) is 0 Å². The largest absolute Gasteiger partial charge is 0.443 e. The molecule has 3 heteroatoms. The highest BCUT2D eigenvalue weighted by Crippen LogP contribution is 2.23. The number of aromatic nitrogens is 1. The van der Waals surface area contributed by atoms with Crippen molar-refractivity contribution in [3.8, 4) is 11.3 Å². The summed E-state index contributed by atoms with van der Waals surface area (Å²) in [7, 11) is 0. The quantitative estimate of drug-likeness (QED) is 0.686. The summed E-state index contributed by atoms with van der Waals surface area (Å²) >= 11 is 5.70. The summed E-state index contributed by atoms with van der Waals surface area (Å²) in [5.74, 6) is 1.14. The fraction of sp³-hybridized carbons (Fsp3) is 0.100. The van der Waals surface area contributed by atoms with E-state index in [2.05, 4.69) is 4.98 Å². The van der Waals surface area contributed by atoms with Gasteiger partial charge < -0.3 is 4.42 Å². The molecule has 0 aliphatic carbocycles. The van der Waals surface area contributed by atoms with Crippen LogP contribution in [0.25, 0.3) is 11.3 Å². The van der Waals surface area contributed by atoms with Crippen molar-refractivity contribution in [2.45, 2.75) is 5.88 Å². The summed E-state index contributed by atoms with van der Waals surface area (Å²) in [4.78, 5) is 4.01. The third-order valence-electron chi connectivity index (χ3n) is 1.80. The van der Waals surface area contributed by atoms with Crippen molar-refractivity contribution in [1.82, 2.24) is 4.98 Å². The monoisotopic (exact) mass is 193 g/mol. The van der Waals surface area contributed by atoms with Crippen molar-refractivity contribution in [1.29, 1.82) is 0 Å². The Morgan fingerprint density at radius 1 is 1.23 bits per heavy atom. The van der Waals surface area contributed by atoms with E-state index in [0.717, 1.165) is 17.0 Å². The average molecular weight is 194 g/mol. The maximum atomic E-state index is 5.70. The lowest BCUT2D eigenvalue weighted by atomic mass is 10.1. The number of hydrogen-bond donors (Lipinski definition) is 0. The Kier molecular flexibility index (Phi) is 2.32. The lowest BCUT2D eigenvalue weighted by Crippen LogP contribution is -1.81. The average Bonchev–Trinajstić information content (AvgIpc) is 2.67. The zero-order valence-electron chi connectivity index (χ0n) is 6.90. The summed E-state index contributed by atoms with van der Waals surface area (Å²) in [6, 6.07) is 9.80. The zero-order chi connectivity index (χ0) is 9.10. The van der Waals surface area contributed by atoms with Crippen LogP contribution in [0.3, 0.4) is 0 Å². The molecule has 0 saturated heterocycles. The molecule has 13 heavy (non-hydrogen) atoms. The van der Waals surface area contributed by atoms with Gasteiger partial charge in [0, 0.05) is 5.56 Å². The minimum absolute atomic E-state index is 0.376. The summed E-state index contributed by atoms with van der Waals surface area (Å²) in [5.41, 5.74) is 1.79. The molecule has 0 radical (unpaired) electrons. The van der Waals surface area contributed by atoms with Gasteiger partial charge in [0.05, 0.1) is 5.88 Å². The smallest absolute Gasteiger partial charge is 0.181 e. The van der Waals surface area contributed by atoms with Crippen LogP contribution in [0.1, 0.15) is 5.69 Å². The fourth-order valence-corrected chi connectivity index (χ4v) is 1.38. The van der Waals surface area contributed by atoms with Gasteiger partial charge in [-0.2, -0.15) is 0 Å². The Morgan fingerprint density at radius 3 is 2.69 bits per heavy atom. The maximum Gasteiger partial charge on any atom is 0.181 e. The number of rotatable bonds is 2. The highest BCUT2D eigenvalue weighted by molar-refractivity contribution is 6.17. The lowest BCUT2D eigenvalue weighted by Gasteiger charge is -1.96. The second-order valence-corrected chi connectivity index (χ2v) is 2.90. The minimum atomic E-state index is 0.376. The molecule has 66 valence electrons. The molecule has 1 aromatic carbocycles. The Hall–Kier alpha value is -1.28. The molecule has 0 bridgehead atoms. The number of alkyl halides is 1. The molecule has 0 aliphatic rings. The molecule has 0 aliphatic heterocycles. The predicted molar refractivity (Wildman–Crippen MR) is 51.5 cm³/mol. The number of nitrogens with zero attached hydrogens (tertiary/aromatic N) is 1. The molecule has 1 aromatic heterocycles. The normalized spacial score (nSPS) is 10.2. The molecule has 2 nitrogen and oxygen atoms in total. The number of oxazole rings is 1. The minimum Gasteiger partial charge on any atom is -0.443 e. The third kappa shape index (κ3) is 1.58. The molecule has 0 amide bonds. The molecule has 0 saturated carbocycles. The van der Waals surface area contributed by atoms with Crippen molar-refractivity contribution >= 4 is 11.6 Å². The van der Waals surface area contributed by atoms with Gasteiger partial charge in [-0.1, -0.05) is 30.3 Å². The van der Waals surface area contributed by atoms with E-state index in [1.165, 1.54) is 6.39 Å². The van der Waals surface area contributed by atoms with Gasteiger partial charge in [0.2, 0.25) is 0 Å². The van der Waals surface area contributed by atoms with Crippen LogP contribution in [0.4, 0.5) is 0 Å². The molecule has 2 aromatic rings. The van der Waals surface area contributed by atoms with Crippen LogP contribution in [0.5, 0.6) is 0 Å². The lowest BCUT2D eigenvalue weighted by molar-refractivity contribution is 0.571. The van der Waals surface area contributed by atoms with Gasteiger partial charge in [-0.15, -0.1) is 11.6 Å². The van der Waals surface area contributed by atoms with E-state index in [-0.39, 0.29) is 0 Å². The van der Waals surface area contributed by atoms with E-state index in [0.29, 0.717) is 5.88 Å². The Bertz CT molecular complexity index is 383. The standard InChI is InChI=1S/C10H8ClNO/c11-6-9-10(13-7-12-9)8-4-2-1-3-5-8/h1-5,7H,6H2. The second-order valence-electron chi connectivity index (χ2n) is 2.63. The van der Waals surface area contributed by atoms with Crippen LogP contribution in [0.2, 0.25) is 0 Å². The Labute approximate surface area is 81.2 Å². The van der Waals surface area contributed by atoms with Crippen LogP contribution in [0.15, 0.2) is 41.1 Å².